The Morgan fingerprint density at radius 1 is 1.28 bits per heavy atom. The average molecular weight is 308 g/mol. The number of halogens is 1. The van der Waals surface area contributed by atoms with Crippen LogP contribution in [0.2, 0.25) is 0 Å². The largest absolute Gasteiger partial charge is 0.477 e. The molecule has 18 heavy (non-hydrogen) atoms. The number of carboxylic acids is 1. The number of carbonyl (C=O) groups is 1. The number of aryl methyl sites for hydroxylation is 1. The van der Waals surface area contributed by atoms with Crippen LogP contribution < -0.4 is 5.56 Å². The predicted octanol–water partition coefficient (Wildman–Crippen LogP) is 2.81. The van der Waals surface area contributed by atoms with E-state index in [0.29, 0.717) is 16.8 Å². The van der Waals surface area contributed by atoms with Crippen LogP contribution >= 0.6 is 15.9 Å². The molecule has 2 rings (SSSR count). The first kappa shape index (κ1) is 12.6. The van der Waals surface area contributed by atoms with Gasteiger partial charge in [0.25, 0.3) is 5.56 Å². The van der Waals surface area contributed by atoms with Crippen molar-refractivity contribution in [2.75, 3.05) is 0 Å². The third kappa shape index (κ3) is 2.36. The van der Waals surface area contributed by atoms with Gasteiger partial charge in [0.1, 0.15) is 5.56 Å². The van der Waals surface area contributed by atoms with Crippen molar-refractivity contribution in [1.82, 2.24) is 4.98 Å². The summed E-state index contributed by atoms with van der Waals surface area (Å²) >= 11 is 3.31. The molecule has 5 heteroatoms. The molecule has 92 valence electrons. The van der Waals surface area contributed by atoms with E-state index in [-0.39, 0.29) is 5.56 Å². The highest BCUT2D eigenvalue weighted by atomic mass is 79.9. The summed E-state index contributed by atoms with van der Waals surface area (Å²) in [4.78, 5) is 25.4. The third-order valence-corrected chi connectivity index (χ3v) is 3.07. The highest BCUT2D eigenvalue weighted by Crippen LogP contribution is 2.24. The summed E-state index contributed by atoms with van der Waals surface area (Å²) in [5, 5.41) is 9.12. The van der Waals surface area contributed by atoms with Gasteiger partial charge in [-0.15, -0.1) is 0 Å². The molecule has 0 spiro atoms. The van der Waals surface area contributed by atoms with E-state index in [4.69, 9.17) is 5.11 Å². The first-order chi connectivity index (χ1) is 8.49. The van der Waals surface area contributed by atoms with E-state index in [1.54, 1.807) is 37.3 Å². The van der Waals surface area contributed by atoms with Gasteiger partial charge in [0.2, 0.25) is 0 Å². The molecule has 2 N–H and O–H groups in total. The van der Waals surface area contributed by atoms with Gasteiger partial charge >= 0.3 is 5.97 Å². The average Bonchev–Trinajstić information content (AvgIpc) is 2.28. The fraction of sp³-hybridized carbons (Fsp3) is 0.0769. The van der Waals surface area contributed by atoms with Crippen LogP contribution in [0, 0.1) is 6.92 Å². The summed E-state index contributed by atoms with van der Waals surface area (Å²) in [6.07, 6.45) is 0. The highest BCUT2D eigenvalue weighted by Gasteiger charge is 2.16. The minimum atomic E-state index is -1.23. The maximum Gasteiger partial charge on any atom is 0.341 e. The lowest BCUT2D eigenvalue weighted by Crippen LogP contribution is -2.19. The second kappa shape index (κ2) is 4.78. The smallest absolute Gasteiger partial charge is 0.341 e. The Hall–Kier alpha value is -1.88. The van der Waals surface area contributed by atoms with E-state index in [1.807, 2.05) is 0 Å². The first-order valence-electron chi connectivity index (χ1n) is 5.22. The van der Waals surface area contributed by atoms with Crippen molar-refractivity contribution >= 4 is 21.9 Å². The SMILES string of the molecule is Cc1cc(-c2ccc(Br)cc2)c(C(=O)O)c(=O)[nH]1. The number of hydrogen-bond donors (Lipinski definition) is 2. The normalized spacial score (nSPS) is 10.3. The molecule has 0 bridgehead atoms. The number of aromatic amines is 1. The molecular formula is C13H10BrNO3. The Morgan fingerprint density at radius 3 is 2.44 bits per heavy atom. The summed E-state index contributed by atoms with van der Waals surface area (Å²) in [7, 11) is 0. The lowest BCUT2D eigenvalue weighted by molar-refractivity contribution is 0.0696. The Labute approximate surface area is 111 Å². The monoisotopic (exact) mass is 307 g/mol. The Balaban J connectivity index is 2.73. The van der Waals surface area contributed by atoms with Crippen LogP contribution in [-0.4, -0.2) is 16.1 Å². The second-order valence-corrected chi connectivity index (χ2v) is 4.80. The fourth-order valence-electron chi connectivity index (χ4n) is 1.76. The quantitative estimate of drug-likeness (QED) is 0.896. The summed E-state index contributed by atoms with van der Waals surface area (Å²) in [6.45, 7) is 1.72. The Kier molecular flexibility index (Phi) is 3.34. The Morgan fingerprint density at radius 2 is 1.89 bits per heavy atom. The lowest BCUT2D eigenvalue weighted by Gasteiger charge is -2.07. The van der Waals surface area contributed by atoms with E-state index in [9.17, 15) is 9.59 Å². The van der Waals surface area contributed by atoms with Crippen molar-refractivity contribution in [3.05, 3.63) is 56.4 Å². The van der Waals surface area contributed by atoms with Crippen molar-refractivity contribution < 1.29 is 9.90 Å². The minimum Gasteiger partial charge on any atom is -0.477 e. The number of carboxylic acid groups (broad SMARTS) is 1. The molecule has 0 fully saturated rings. The maximum absolute atomic E-state index is 11.7. The molecule has 0 amide bonds. The molecule has 0 saturated carbocycles. The lowest BCUT2D eigenvalue weighted by atomic mass is 10.0. The number of pyridine rings is 1. The van der Waals surface area contributed by atoms with Crippen LogP contribution in [0.25, 0.3) is 11.1 Å². The summed E-state index contributed by atoms with van der Waals surface area (Å²) in [5.41, 5.74) is 0.937. The standard InChI is InChI=1S/C13H10BrNO3/c1-7-6-10(8-2-4-9(14)5-3-8)11(13(17)18)12(16)15-7/h2-6H,1H3,(H,15,16)(H,17,18). The van der Waals surface area contributed by atoms with Gasteiger partial charge < -0.3 is 10.1 Å². The number of hydrogen-bond acceptors (Lipinski definition) is 2. The summed E-state index contributed by atoms with van der Waals surface area (Å²) in [5.74, 6) is -1.23. The van der Waals surface area contributed by atoms with Gasteiger partial charge in [-0.25, -0.2) is 4.79 Å². The zero-order valence-corrected chi connectivity index (χ0v) is 11.1. The number of benzene rings is 1. The topological polar surface area (TPSA) is 70.2 Å². The summed E-state index contributed by atoms with van der Waals surface area (Å²) in [6, 6.07) is 8.80. The van der Waals surface area contributed by atoms with Gasteiger partial charge in [0.05, 0.1) is 0 Å². The van der Waals surface area contributed by atoms with Crippen molar-refractivity contribution in [3.8, 4) is 11.1 Å². The molecule has 0 radical (unpaired) electrons. The van der Waals surface area contributed by atoms with Gasteiger partial charge in [0.15, 0.2) is 0 Å². The van der Waals surface area contributed by atoms with Crippen LogP contribution in [0.1, 0.15) is 16.1 Å². The fourth-order valence-corrected chi connectivity index (χ4v) is 2.02. The van der Waals surface area contributed by atoms with Gasteiger partial charge in [-0.1, -0.05) is 28.1 Å². The van der Waals surface area contributed by atoms with Crippen LogP contribution in [0.15, 0.2) is 39.6 Å². The molecule has 0 saturated heterocycles. The first-order valence-corrected chi connectivity index (χ1v) is 6.01. The molecule has 0 aliphatic rings. The van der Waals surface area contributed by atoms with Gasteiger partial charge in [-0.3, -0.25) is 4.79 Å². The van der Waals surface area contributed by atoms with Crippen molar-refractivity contribution in [3.63, 3.8) is 0 Å². The van der Waals surface area contributed by atoms with Crippen LogP contribution in [0.5, 0.6) is 0 Å². The minimum absolute atomic E-state index is 0.233. The van der Waals surface area contributed by atoms with Gasteiger partial charge in [0, 0.05) is 15.7 Å². The van der Waals surface area contributed by atoms with Gasteiger partial charge in [-0.05, 0) is 30.7 Å². The second-order valence-electron chi connectivity index (χ2n) is 3.88. The molecule has 0 aliphatic heterocycles. The van der Waals surface area contributed by atoms with E-state index >= 15 is 0 Å². The molecular weight excluding hydrogens is 298 g/mol. The van der Waals surface area contributed by atoms with Crippen molar-refractivity contribution in [2.45, 2.75) is 6.92 Å². The van der Waals surface area contributed by atoms with E-state index in [2.05, 4.69) is 20.9 Å². The van der Waals surface area contributed by atoms with E-state index in [1.165, 1.54) is 0 Å². The number of rotatable bonds is 2. The molecule has 0 unspecified atom stereocenters. The van der Waals surface area contributed by atoms with Crippen LogP contribution in [-0.2, 0) is 0 Å². The molecule has 0 atom stereocenters. The zero-order chi connectivity index (χ0) is 13.3. The summed E-state index contributed by atoms with van der Waals surface area (Å²) < 4.78 is 0.893. The molecule has 2 aromatic rings. The number of aromatic carboxylic acids is 1. The number of nitrogens with one attached hydrogen (secondary N) is 1. The Bertz CT molecular complexity index is 659. The maximum atomic E-state index is 11.7. The number of H-pyrrole nitrogens is 1. The van der Waals surface area contributed by atoms with E-state index in [0.717, 1.165) is 4.47 Å². The molecule has 1 aromatic heterocycles. The van der Waals surface area contributed by atoms with Crippen LogP contribution in [0.4, 0.5) is 0 Å². The highest BCUT2D eigenvalue weighted by molar-refractivity contribution is 9.10. The molecule has 0 aliphatic carbocycles. The third-order valence-electron chi connectivity index (χ3n) is 2.54. The van der Waals surface area contributed by atoms with E-state index < -0.39 is 11.5 Å². The van der Waals surface area contributed by atoms with Crippen LogP contribution in [0.3, 0.4) is 0 Å². The van der Waals surface area contributed by atoms with Crippen molar-refractivity contribution in [1.29, 1.82) is 0 Å². The predicted molar refractivity (Wildman–Crippen MR) is 71.9 cm³/mol. The number of aromatic nitrogens is 1. The zero-order valence-electron chi connectivity index (χ0n) is 9.53. The van der Waals surface area contributed by atoms with Gasteiger partial charge in [-0.2, -0.15) is 0 Å². The molecule has 1 heterocycles. The van der Waals surface area contributed by atoms with Crippen molar-refractivity contribution in [2.24, 2.45) is 0 Å². The molecule has 4 nitrogen and oxygen atoms in total. The molecule has 1 aromatic carbocycles.